The lowest BCUT2D eigenvalue weighted by Gasteiger charge is -2.17. The van der Waals surface area contributed by atoms with Crippen LogP contribution in [0, 0.1) is 6.92 Å². The third-order valence-corrected chi connectivity index (χ3v) is 7.99. The van der Waals surface area contributed by atoms with Crippen LogP contribution in [0.25, 0.3) is 0 Å². The number of nitrogens with one attached hydrogen (secondary N) is 1. The average Bonchev–Trinajstić information content (AvgIpc) is 3.39. The van der Waals surface area contributed by atoms with Crippen molar-refractivity contribution >= 4 is 38.9 Å². The number of ether oxygens (including phenoxy) is 1. The van der Waals surface area contributed by atoms with Crippen molar-refractivity contribution in [3.8, 4) is 0 Å². The van der Waals surface area contributed by atoms with Gasteiger partial charge >= 0.3 is 5.97 Å². The number of aryl methyl sites for hydroxylation is 1. The largest absolute Gasteiger partial charge is 0.451 e. The predicted molar refractivity (Wildman–Crippen MR) is 116 cm³/mol. The maximum absolute atomic E-state index is 12.8. The number of esters is 1. The van der Waals surface area contributed by atoms with Crippen LogP contribution in [0.2, 0.25) is 0 Å². The second-order valence-electron chi connectivity index (χ2n) is 7.54. The van der Waals surface area contributed by atoms with Gasteiger partial charge in [0.15, 0.2) is 6.61 Å². The molecule has 7 nitrogen and oxygen atoms in total. The van der Waals surface area contributed by atoms with E-state index in [1.807, 2.05) is 39.0 Å². The predicted octanol–water partition coefficient (Wildman–Crippen LogP) is 3.76. The highest BCUT2D eigenvalue weighted by Gasteiger charge is 2.32. The molecule has 30 heavy (non-hydrogen) atoms. The molecule has 162 valence electrons. The van der Waals surface area contributed by atoms with E-state index in [2.05, 4.69) is 5.32 Å². The summed E-state index contributed by atoms with van der Waals surface area (Å²) in [5.74, 6) is -1.07. The highest BCUT2D eigenvalue weighted by atomic mass is 32.2. The molecule has 9 heteroatoms. The Hall–Kier alpha value is -2.23. The summed E-state index contributed by atoms with van der Waals surface area (Å²) in [6.07, 6.45) is 1.61. The van der Waals surface area contributed by atoms with Gasteiger partial charge in [-0.25, -0.2) is 13.2 Å². The lowest BCUT2D eigenvalue weighted by Crippen LogP contribution is -2.29. The molecule has 1 aliphatic heterocycles. The van der Waals surface area contributed by atoms with E-state index in [0.717, 1.165) is 35.3 Å². The summed E-state index contributed by atoms with van der Waals surface area (Å²) in [6, 6.07) is 7.19. The molecule has 0 unspecified atom stereocenters. The van der Waals surface area contributed by atoms with Gasteiger partial charge in [0.25, 0.3) is 5.91 Å². The van der Waals surface area contributed by atoms with Crippen molar-refractivity contribution in [2.75, 3.05) is 25.0 Å². The van der Waals surface area contributed by atoms with Crippen LogP contribution in [0.5, 0.6) is 0 Å². The Bertz CT molecular complexity index is 1040. The van der Waals surface area contributed by atoms with Crippen molar-refractivity contribution in [1.29, 1.82) is 0 Å². The van der Waals surface area contributed by atoms with Gasteiger partial charge in [-0.2, -0.15) is 4.31 Å². The zero-order valence-corrected chi connectivity index (χ0v) is 18.9. The van der Waals surface area contributed by atoms with Crippen LogP contribution in [0.3, 0.4) is 0 Å². The molecule has 0 radical (unpaired) electrons. The maximum atomic E-state index is 12.8. The zero-order chi connectivity index (χ0) is 21.9. The number of rotatable bonds is 7. The number of carbonyl (C=O) groups excluding carboxylic acids is 2. The number of para-hydroxylation sites is 1. The monoisotopic (exact) mass is 450 g/mol. The van der Waals surface area contributed by atoms with Crippen molar-refractivity contribution in [2.45, 2.75) is 44.4 Å². The van der Waals surface area contributed by atoms with Gasteiger partial charge in [0.05, 0.1) is 0 Å². The molecule has 3 rings (SSSR count). The Morgan fingerprint density at radius 3 is 2.57 bits per heavy atom. The first kappa shape index (κ1) is 22.5. The Morgan fingerprint density at radius 1 is 1.20 bits per heavy atom. The van der Waals surface area contributed by atoms with Crippen LogP contribution in [-0.4, -0.2) is 44.3 Å². The number of amides is 1. The number of hydrogen-bond acceptors (Lipinski definition) is 6. The van der Waals surface area contributed by atoms with Gasteiger partial charge in [0, 0.05) is 18.8 Å². The molecular formula is C21H26N2O5S2. The van der Waals surface area contributed by atoms with Gasteiger partial charge in [0.1, 0.15) is 9.77 Å². The molecule has 0 spiro atoms. The minimum absolute atomic E-state index is 0.00605. The quantitative estimate of drug-likeness (QED) is 0.649. The number of thiophene rings is 1. The number of nitrogens with zero attached hydrogens (tertiary/aromatic N) is 1. The number of hydrogen-bond donors (Lipinski definition) is 1. The highest BCUT2D eigenvalue weighted by Crippen LogP contribution is 2.29. The average molecular weight is 451 g/mol. The molecule has 2 heterocycles. The second-order valence-corrected chi connectivity index (χ2v) is 10.4. The van der Waals surface area contributed by atoms with Crippen LogP contribution in [0.15, 0.2) is 34.5 Å². The van der Waals surface area contributed by atoms with Crippen LogP contribution >= 0.6 is 11.3 Å². The molecule has 2 aromatic rings. The van der Waals surface area contributed by atoms with E-state index >= 15 is 0 Å². The van der Waals surface area contributed by atoms with E-state index in [1.54, 1.807) is 5.38 Å². The Morgan fingerprint density at radius 2 is 1.90 bits per heavy atom. The van der Waals surface area contributed by atoms with Crippen molar-refractivity contribution in [3.63, 3.8) is 0 Å². The van der Waals surface area contributed by atoms with Crippen LogP contribution in [0.1, 0.15) is 53.4 Å². The van der Waals surface area contributed by atoms with Crippen molar-refractivity contribution in [3.05, 3.63) is 45.6 Å². The van der Waals surface area contributed by atoms with Crippen molar-refractivity contribution < 1.29 is 22.7 Å². The van der Waals surface area contributed by atoms with Crippen LogP contribution in [-0.2, 0) is 19.6 Å². The molecule has 1 aromatic heterocycles. The summed E-state index contributed by atoms with van der Waals surface area (Å²) in [5.41, 5.74) is 2.62. The molecule has 1 fully saturated rings. The summed E-state index contributed by atoms with van der Waals surface area (Å²) in [5, 5.41) is 4.35. The molecule has 1 amide bonds. The van der Waals surface area contributed by atoms with E-state index in [1.165, 1.54) is 10.4 Å². The molecule has 1 saturated heterocycles. The normalized spacial score (nSPS) is 14.8. The lowest BCUT2D eigenvalue weighted by molar-refractivity contribution is -0.119. The van der Waals surface area contributed by atoms with Gasteiger partial charge in [0.2, 0.25) is 10.0 Å². The Balaban J connectivity index is 1.68. The van der Waals surface area contributed by atoms with E-state index < -0.39 is 28.5 Å². The summed E-state index contributed by atoms with van der Waals surface area (Å²) in [6.45, 7) is 6.36. The smallest absolute Gasteiger partial charge is 0.350 e. The van der Waals surface area contributed by atoms with E-state index in [-0.39, 0.29) is 15.7 Å². The zero-order valence-electron chi connectivity index (χ0n) is 17.3. The molecule has 0 aliphatic carbocycles. The second kappa shape index (κ2) is 9.28. The molecular weight excluding hydrogens is 424 g/mol. The topological polar surface area (TPSA) is 92.8 Å². The number of anilines is 1. The van der Waals surface area contributed by atoms with Crippen LogP contribution < -0.4 is 5.32 Å². The van der Waals surface area contributed by atoms with E-state index in [9.17, 15) is 18.0 Å². The first-order valence-electron chi connectivity index (χ1n) is 9.86. The number of benzene rings is 1. The molecule has 0 atom stereocenters. The van der Waals surface area contributed by atoms with Gasteiger partial charge in [-0.3, -0.25) is 4.79 Å². The maximum Gasteiger partial charge on any atom is 0.350 e. The molecule has 1 aromatic carbocycles. The lowest BCUT2D eigenvalue weighted by atomic mass is 9.98. The highest BCUT2D eigenvalue weighted by molar-refractivity contribution is 7.89. The summed E-state index contributed by atoms with van der Waals surface area (Å²) in [7, 11) is -3.74. The fourth-order valence-corrected chi connectivity index (χ4v) is 6.23. The fourth-order valence-electron chi connectivity index (χ4n) is 3.43. The molecule has 0 bridgehead atoms. The van der Waals surface area contributed by atoms with Gasteiger partial charge in [-0.15, -0.1) is 11.3 Å². The third-order valence-electron chi connectivity index (χ3n) is 5.02. The summed E-state index contributed by atoms with van der Waals surface area (Å²) < 4.78 is 32.1. The molecule has 1 aliphatic rings. The van der Waals surface area contributed by atoms with Crippen LogP contribution in [0.4, 0.5) is 5.69 Å². The first-order valence-corrected chi connectivity index (χ1v) is 12.2. The fraction of sp³-hybridized carbons (Fsp3) is 0.429. The molecule has 1 N–H and O–H groups in total. The minimum Gasteiger partial charge on any atom is -0.451 e. The van der Waals surface area contributed by atoms with Crippen molar-refractivity contribution in [2.24, 2.45) is 0 Å². The SMILES string of the molecule is Cc1cccc(C(C)C)c1NC(=O)COC(=O)c1sccc1S(=O)(=O)N1CCCC1. The first-order chi connectivity index (χ1) is 14.2. The van der Waals surface area contributed by atoms with E-state index in [0.29, 0.717) is 18.8 Å². The molecule has 0 saturated carbocycles. The van der Waals surface area contributed by atoms with Crippen molar-refractivity contribution in [1.82, 2.24) is 4.31 Å². The minimum atomic E-state index is -3.74. The van der Waals surface area contributed by atoms with E-state index in [4.69, 9.17) is 4.74 Å². The summed E-state index contributed by atoms with van der Waals surface area (Å²) >= 11 is 0.996. The number of sulfonamides is 1. The number of carbonyl (C=O) groups is 2. The van der Waals surface area contributed by atoms with Gasteiger partial charge < -0.3 is 10.1 Å². The Labute approximate surface area is 181 Å². The standard InChI is InChI=1S/C21H26N2O5S2/c1-14(2)16-8-6-7-15(3)19(16)22-18(24)13-28-21(25)20-17(9-12-29-20)30(26,27)23-10-4-5-11-23/h6-9,12,14H,4-5,10-11,13H2,1-3H3,(H,22,24). The summed E-state index contributed by atoms with van der Waals surface area (Å²) in [4.78, 5) is 24.8. The van der Waals surface area contributed by atoms with Gasteiger partial charge in [-0.1, -0.05) is 32.0 Å². The van der Waals surface area contributed by atoms with Gasteiger partial charge in [-0.05, 0) is 48.3 Å². The Kier molecular flexibility index (Phi) is 6.95. The third kappa shape index (κ3) is 4.74.